The summed E-state index contributed by atoms with van der Waals surface area (Å²) in [5.41, 5.74) is 2.45. The first-order chi connectivity index (χ1) is 7.40. The molecule has 0 amide bonds. The zero-order chi connectivity index (χ0) is 10.5. The molecule has 0 aliphatic carbocycles. The lowest BCUT2D eigenvalue weighted by Crippen LogP contribution is -1.86. The van der Waals surface area contributed by atoms with Gasteiger partial charge in [-0.1, -0.05) is 24.6 Å². The Hall–Kier alpha value is -1.31. The monoisotopic (exact) mass is 205 g/mol. The van der Waals surface area contributed by atoms with Gasteiger partial charge in [0.1, 0.15) is 0 Å². The first kappa shape index (κ1) is 10.2. The van der Waals surface area contributed by atoms with Gasteiger partial charge in [-0.15, -0.1) is 0 Å². The standard InChI is InChI=1S/C13H16FN/c14-9-5-1-2-7-12-10-11-6-3-4-8-13(11)15-12/h3-4,6,8,10,15H,1-2,5,7,9H2. The fourth-order valence-electron chi connectivity index (χ4n) is 1.85. The van der Waals surface area contributed by atoms with E-state index >= 15 is 0 Å². The molecule has 0 fully saturated rings. The maximum Gasteiger partial charge on any atom is 0.0894 e. The minimum absolute atomic E-state index is 0.188. The number of halogens is 1. The summed E-state index contributed by atoms with van der Waals surface area (Å²) in [5.74, 6) is 0. The second kappa shape index (κ2) is 4.96. The Morgan fingerprint density at radius 1 is 1.07 bits per heavy atom. The van der Waals surface area contributed by atoms with E-state index in [4.69, 9.17) is 0 Å². The van der Waals surface area contributed by atoms with Crippen molar-refractivity contribution >= 4 is 10.9 Å². The molecule has 0 bridgehead atoms. The first-order valence-electron chi connectivity index (χ1n) is 5.53. The summed E-state index contributed by atoms with van der Waals surface area (Å²) in [6.07, 6.45) is 3.76. The van der Waals surface area contributed by atoms with Gasteiger partial charge >= 0.3 is 0 Å². The van der Waals surface area contributed by atoms with Gasteiger partial charge in [-0.2, -0.15) is 0 Å². The second-order valence-electron chi connectivity index (χ2n) is 3.88. The molecule has 1 N–H and O–H groups in total. The van der Waals surface area contributed by atoms with Crippen molar-refractivity contribution in [2.24, 2.45) is 0 Å². The highest BCUT2D eigenvalue weighted by atomic mass is 19.1. The number of hydrogen-bond acceptors (Lipinski definition) is 0. The number of rotatable bonds is 5. The predicted octanol–water partition coefficient (Wildman–Crippen LogP) is 3.85. The van der Waals surface area contributed by atoms with E-state index in [9.17, 15) is 4.39 Å². The van der Waals surface area contributed by atoms with E-state index in [2.05, 4.69) is 23.2 Å². The van der Waals surface area contributed by atoms with Crippen molar-refractivity contribution in [3.05, 3.63) is 36.0 Å². The Balaban J connectivity index is 1.97. The minimum atomic E-state index is -0.188. The molecule has 2 rings (SSSR count). The fourth-order valence-corrected chi connectivity index (χ4v) is 1.85. The third kappa shape index (κ3) is 2.58. The molecule has 80 valence electrons. The van der Waals surface area contributed by atoms with Crippen molar-refractivity contribution in [2.45, 2.75) is 25.7 Å². The fraction of sp³-hybridized carbons (Fsp3) is 0.385. The molecule has 1 aromatic heterocycles. The summed E-state index contributed by atoms with van der Waals surface area (Å²) in [5, 5.41) is 1.26. The average Bonchev–Trinajstić information content (AvgIpc) is 2.67. The zero-order valence-corrected chi connectivity index (χ0v) is 8.80. The number of aromatic nitrogens is 1. The molecule has 2 heteroatoms. The second-order valence-corrected chi connectivity index (χ2v) is 3.88. The third-order valence-corrected chi connectivity index (χ3v) is 2.67. The molecule has 0 spiro atoms. The van der Waals surface area contributed by atoms with Gasteiger partial charge in [-0.25, -0.2) is 0 Å². The number of aryl methyl sites for hydroxylation is 1. The third-order valence-electron chi connectivity index (χ3n) is 2.67. The number of aromatic amines is 1. The number of nitrogens with one attached hydrogen (secondary N) is 1. The van der Waals surface area contributed by atoms with Crippen molar-refractivity contribution in [3.8, 4) is 0 Å². The maximum atomic E-state index is 11.9. The molecule has 0 unspecified atom stereocenters. The van der Waals surface area contributed by atoms with E-state index in [-0.39, 0.29) is 6.67 Å². The van der Waals surface area contributed by atoms with Crippen molar-refractivity contribution in [1.82, 2.24) is 4.98 Å². The summed E-state index contributed by atoms with van der Waals surface area (Å²) >= 11 is 0. The molecule has 0 saturated heterocycles. The van der Waals surface area contributed by atoms with E-state index in [0.717, 1.165) is 19.3 Å². The van der Waals surface area contributed by atoms with Crippen LogP contribution in [-0.2, 0) is 6.42 Å². The number of fused-ring (bicyclic) bond motifs is 1. The van der Waals surface area contributed by atoms with Crippen LogP contribution >= 0.6 is 0 Å². The van der Waals surface area contributed by atoms with E-state index in [1.165, 1.54) is 16.6 Å². The van der Waals surface area contributed by atoms with Gasteiger partial charge in [0, 0.05) is 11.2 Å². The van der Waals surface area contributed by atoms with Gasteiger partial charge in [0.2, 0.25) is 0 Å². The number of hydrogen-bond donors (Lipinski definition) is 1. The summed E-state index contributed by atoms with van der Waals surface area (Å²) in [7, 11) is 0. The molecular formula is C13H16FN. The van der Waals surface area contributed by atoms with Crippen LogP contribution < -0.4 is 0 Å². The van der Waals surface area contributed by atoms with Crippen LogP contribution in [0.3, 0.4) is 0 Å². The van der Waals surface area contributed by atoms with E-state index < -0.39 is 0 Å². The lowest BCUT2D eigenvalue weighted by atomic mass is 10.1. The lowest BCUT2D eigenvalue weighted by Gasteiger charge is -1.96. The Kier molecular flexibility index (Phi) is 3.38. The molecule has 0 saturated carbocycles. The molecule has 0 radical (unpaired) electrons. The normalized spacial score (nSPS) is 11.0. The van der Waals surface area contributed by atoms with Gasteiger partial charge in [-0.05, 0) is 36.8 Å². The van der Waals surface area contributed by atoms with Crippen LogP contribution in [0.25, 0.3) is 10.9 Å². The molecule has 15 heavy (non-hydrogen) atoms. The van der Waals surface area contributed by atoms with Crippen LogP contribution in [-0.4, -0.2) is 11.7 Å². The van der Waals surface area contributed by atoms with Crippen LogP contribution in [0.4, 0.5) is 4.39 Å². The number of alkyl halides is 1. The summed E-state index contributed by atoms with van der Waals surface area (Å²) in [6.45, 7) is -0.188. The van der Waals surface area contributed by atoms with Crippen molar-refractivity contribution in [2.75, 3.05) is 6.67 Å². The predicted molar refractivity (Wildman–Crippen MR) is 61.8 cm³/mol. The summed E-state index contributed by atoms with van der Waals surface area (Å²) < 4.78 is 11.9. The van der Waals surface area contributed by atoms with Crippen molar-refractivity contribution < 1.29 is 4.39 Å². The van der Waals surface area contributed by atoms with Crippen LogP contribution in [0.2, 0.25) is 0 Å². The highest BCUT2D eigenvalue weighted by Gasteiger charge is 1.99. The average molecular weight is 205 g/mol. The van der Waals surface area contributed by atoms with E-state index in [1.54, 1.807) is 0 Å². The highest BCUT2D eigenvalue weighted by molar-refractivity contribution is 5.80. The smallest absolute Gasteiger partial charge is 0.0894 e. The molecule has 0 aliphatic heterocycles. The van der Waals surface area contributed by atoms with Crippen LogP contribution in [0.5, 0.6) is 0 Å². The molecule has 0 aliphatic rings. The lowest BCUT2D eigenvalue weighted by molar-refractivity contribution is 0.456. The maximum absolute atomic E-state index is 11.9. The Bertz CT molecular complexity index is 386. The summed E-state index contributed by atoms with van der Waals surface area (Å²) in [6, 6.07) is 10.5. The van der Waals surface area contributed by atoms with Gasteiger partial charge in [0.15, 0.2) is 0 Å². The number of benzene rings is 1. The van der Waals surface area contributed by atoms with Crippen LogP contribution in [0.1, 0.15) is 25.0 Å². The molecule has 1 nitrogen and oxygen atoms in total. The Morgan fingerprint density at radius 2 is 1.93 bits per heavy atom. The highest BCUT2D eigenvalue weighted by Crippen LogP contribution is 2.16. The molecular weight excluding hydrogens is 189 g/mol. The molecule has 1 heterocycles. The van der Waals surface area contributed by atoms with Crippen LogP contribution in [0.15, 0.2) is 30.3 Å². The number of unbranched alkanes of at least 4 members (excludes halogenated alkanes) is 2. The Labute approximate surface area is 89.3 Å². The van der Waals surface area contributed by atoms with E-state index in [1.807, 2.05) is 12.1 Å². The van der Waals surface area contributed by atoms with Gasteiger partial charge in [0.05, 0.1) is 6.67 Å². The number of para-hydroxylation sites is 1. The molecule has 2 aromatic rings. The molecule has 1 aromatic carbocycles. The Morgan fingerprint density at radius 3 is 2.73 bits per heavy atom. The molecule has 0 atom stereocenters. The van der Waals surface area contributed by atoms with E-state index in [0.29, 0.717) is 6.42 Å². The van der Waals surface area contributed by atoms with Crippen molar-refractivity contribution in [1.29, 1.82) is 0 Å². The zero-order valence-electron chi connectivity index (χ0n) is 8.80. The largest absolute Gasteiger partial charge is 0.358 e. The first-order valence-corrected chi connectivity index (χ1v) is 5.53. The summed E-state index contributed by atoms with van der Waals surface area (Å²) in [4.78, 5) is 3.38. The van der Waals surface area contributed by atoms with Crippen LogP contribution in [0, 0.1) is 0 Å². The SMILES string of the molecule is FCCCCCc1cc2ccccc2[nH]1. The quantitative estimate of drug-likeness (QED) is 0.713. The van der Waals surface area contributed by atoms with Crippen molar-refractivity contribution in [3.63, 3.8) is 0 Å². The van der Waals surface area contributed by atoms with Gasteiger partial charge < -0.3 is 4.98 Å². The van der Waals surface area contributed by atoms with Gasteiger partial charge in [0.25, 0.3) is 0 Å². The van der Waals surface area contributed by atoms with Gasteiger partial charge in [-0.3, -0.25) is 4.39 Å². The number of H-pyrrole nitrogens is 1. The minimum Gasteiger partial charge on any atom is -0.358 e. The topological polar surface area (TPSA) is 15.8 Å².